The van der Waals surface area contributed by atoms with Gasteiger partial charge in [-0.2, -0.15) is 13.2 Å². The van der Waals surface area contributed by atoms with Gasteiger partial charge >= 0.3 is 6.18 Å². The van der Waals surface area contributed by atoms with Gasteiger partial charge in [0, 0.05) is 45.5 Å². The third-order valence-corrected chi connectivity index (χ3v) is 4.01. The fourth-order valence-electron chi connectivity index (χ4n) is 2.61. The van der Waals surface area contributed by atoms with Crippen molar-refractivity contribution in [2.75, 3.05) is 50.8 Å². The average molecular weight is 362 g/mol. The molecule has 1 aliphatic heterocycles. The summed E-state index contributed by atoms with van der Waals surface area (Å²) in [5, 5.41) is 9.98. The Morgan fingerprint density at radius 3 is 2.64 bits per heavy atom. The second-order valence-corrected chi connectivity index (χ2v) is 6.11. The van der Waals surface area contributed by atoms with Crippen molar-refractivity contribution in [2.45, 2.75) is 32.0 Å². The molecule has 0 amide bonds. The van der Waals surface area contributed by atoms with Gasteiger partial charge in [0.2, 0.25) is 5.95 Å². The van der Waals surface area contributed by atoms with Crippen LogP contribution >= 0.6 is 0 Å². The number of nitrogens with zero attached hydrogens (tertiary/aromatic N) is 4. The van der Waals surface area contributed by atoms with Gasteiger partial charge in [0.1, 0.15) is 5.69 Å². The lowest BCUT2D eigenvalue weighted by molar-refractivity contribution is -0.141. The lowest BCUT2D eigenvalue weighted by atomic mass is 10.2. The number of rotatable bonds is 8. The molecule has 1 saturated heterocycles. The summed E-state index contributed by atoms with van der Waals surface area (Å²) in [4.78, 5) is 11.4. The molecule has 6 nitrogen and oxygen atoms in total. The molecule has 1 unspecified atom stereocenters. The molecule has 0 saturated carbocycles. The maximum Gasteiger partial charge on any atom is 0.433 e. The zero-order valence-electron chi connectivity index (χ0n) is 14.4. The van der Waals surface area contributed by atoms with Gasteiger partial charge in [-0.1, -0.05) is 13.3 Å². The number of hydrogen-bond acceptors (Lipinski definition) is 6. The average Bonchev–Trinajstić information content (AvgIpc) is 2.59. The highest BCUT2D eigenvalue weighted by atomic mass is 19.4. The first kappa shape index (κ1) is 19.9. The number of hydrogen-bond donors (Lipinski definition) is 1. The fourth-order valence-corrected chi connectivity index (χ4v) is 2.61. The normalized spacial score (nSPS) is 17.7. The first-order chi connectivity index (χ1) is 11.9. The summed E-state index contributed by atoms with van der Waals surface area (Å²) < 4.78 is 43.6. The number of ether oxygens (including phenoxy) is 1. The van der Waals surface area contributed by atoms with E-state index in [0.717, 1.165) is 25.1 Å². The molecule has 142 valence electrons. The van der Waals surface area contributed by atoms with E-state index in [1.807, 2.05) is 0 Å². The molecule has 1 N–H and O–H groups in total. The number of unbranched alkanes of at least 4 members (excludes halogenated alkanes) is 1. The smallest absolute Gasteiger partial charge is 0.389 e. The van der Waals surface area contributed by atoms with E-state index in [4.69, 9.17) is 4.74 Å². The van der Waals surface area contributed by atoms with Gasteiger partial charge in [0.25, 0.3) is 0 Å². The highest BCUT2D eigenvalue weighted by molar-refractivity contribution is 5.31. The number of β-amino-alcohol motifs (C(OH)–C–C–N with tert-alkyl or cyclic N) is 1. The second kappa shape index (κ2) is 9.30. The molecule has 1 fully saturated rings. The van der Waals surface area contributed by atoms with Crippen LogP contribution in [0.4, 0.5) is 19.1 Å². The van der Waals surface area contributed by atoms with Crippen molar-refractivity contribution in [3.63, 3.8) is 0 Å². The van der Waals surface area contributed by atoms with Crippen molar-refractivity contribution in [1.29, 1.82) is 0 Å². The highest BCUT2D eigenvalue weighted by Crippen LogP contribution is 2.28. The third kappa shape index (κ3) is 6.41. The maximum absolute atomic E-state index is 12.7. The predicted molar refractivity (Wildman–Crippen MR) is 87.4 cm³/mol. The van der Waals surface area contributed by atoms with Crippen LogP contribution in [-0.2, 0) is 10.9 Å². The zero-order valence-corrected chi connectivity index (χ0v) is 14.4. The molecule has 2 rings (SSSR count). The maximum atomic E-state index is 12.7. The summed E-state index contributed by atoms with van der Waals surface area (Å²) in [6, 6.07) is 0.870. The Kier molecular flexibility index (Phi) is 7.39. The summed E-state index contributed by atoms with van der Waals surface area (Å²) in [5.74, 6) is 0.0953. The topological polar surface area (TPSA) is 61.7 Å². The molecule has 25 heavy (non-hydrogen) atoms. The molecule has 9 heteroatoms. The van der Waals surface area contributed by atoms with Crippen LogP contribution in [0.1, 0.15) is 25.5 Å². The third-order valence-electron chi connectivity index (χ3n) is 4.01. The first-order valence-electron chi connectivity index (χ1n) is 8.53. The van der Waals surface area contributed by atoms with Gasteiger partial charge in [0.15, 0.2) is 0 Å². The number of anilines is 1. The van der Waals surface area contributed by atoms with Crippen LogP contribution in [-0.4, -0.2) is 72.0 Å². The lowest BCUT2D eigenvalue weighted by Gasteiger charge is -2.35. The summed E-state index contributed by atoms with van der Waals surface area (Å²) in [6.07, 6.45) is -1.87. The van der Waals surface area contributed by atoms with E-state index in [1.165, 1.54) is 0 Å². The van der Waals surface area contributed by atoms with Gasteiger partial charge in [-0.3, -0.25) is 4.90 Å². The predicted octanol–water partition coefficient (Wildman–Crippen LogP) is 1.79. The van der Waals surface area contributed by atoms with Gasteiger partial charge in [-0.25, -0.2) is 9.97 Å². The zero-order chi connectivity index (χ0) is 18.3. The quantitative estimate of drug-likeness (QED) is 0.712. The van der Waals surface area contributed by atoms with E-state index in [1.54, 1.807) is 4.90 Å². The largest absolute Gasteiger partial charge is 0.433 e. The number of aliphatic hydroxyl groups is 1. The molecule has 1 aromatic rings. The molecule has 1 atom stereocenters. The summed E-state index contributed by atoms with van der Waals surface area (Å²) in [6.45, 7) is 5.81. The molecular formula is C16H25F3N4O2. The number of halogens is 3. The minimum Gasteiger partial charge on any atom is -0.389 e. The Bertz CT molecular complexity index is 522. The van der Waals surface area contributed by atoms with Crippen LogP contribution in [0.15, 0.2) is 12.3 Å². The SMILES string of the molecule is CCCCOCC(O)CN1CCN(c2nccc(C(F)(F)F)n2)CC1. The molecule has 1 aliphatic rings. The molecule has 0 bridgehead atoms. The Labute approximate surface area is 145 Å². The van der Waals surface area contributed by atoms with Gasteiger partial charge < -0.3 is 14.7 Å². The molecule has 2 heterocycles. The number of piperazine rings is 1. The first-order valence-corrected chi connectivity index (χ1v) is 8.53. The molecule has 0 radical (unpaired) electrons. The van der Waals surface area contributed by atoms with E-state index < -0.39 is 18.0 Å². The van der Waals surface area contributed by atoms with E-state index in [2.05, 4.69) is 21.8 Å². The highest BCUT2D eigenvalue weighted by Gasteiger charge is 2.33. The van der Waals surface area contributed by atoms with Crippen LogP contribution in [0.2, 0.25) is 0 Å². The van der Waals surface area contributed by atoms with Crippen LogP contribution in [0, 0.1) is 0 Å². The van der Waals surface area contributed by atoms with Gasteiger partial charge in [-0.05, 0) is 12.5 Å². The Hall–Kier alpha value is -1.45. The molecular weight excluding hydrogens is 337 g/mol. The Morgan fingerprint density at radius 2 is 2.00 bits per heavy atom. The number of aromatic nitrogens is 2. The van der Waals surface area contributed by atoms with E-state index >= 15 is 0 Å². The van der Waals surface area contributed by atoms with Crippen molar-refractivity contribution >= 4 is 5.95 Å². The van der Waals surface area contributed by atoms with Crippen molar-refractivity contribution in [3.05, 3.63) is 18.0 Å². The van der Waals surface area contributed by atoms with Gasteiger partial charge in [-0.15, -0.1) is 0 Å². The van der Waals surface area contributed by atoms with E-state index in [0.29, 0.717) is 45.9 Å². The molecule has 0 aliphatic carbocycles. The van der Waals surface area contributed by atoms with Crippen LogP contribution in [0.25, 0.3) is 0 Å². The minimum absolute atomic E-state index is 0.0953. The van der Waals surface area contributed by atoms with Crippen molar-refractivity contribution < 1.29 is 23.0 Å². The second-order valence-electron chi connectivity index (χ2n) is 6.11. The molecule has 0 spiro atoms. The minimum atomic E-state index is -4.47. The van der Waals surface area contributed by atoms with Crippen molar-refractivity contribution in [1.82, 2.24) is 14.9 Å². The monoisotopic (exact) mass is 362 g/mol. The van der Waals surface area contributed by atoms with Crippen molar-refractivity contribution in [3.8, 4) is 0 Å². The van der Waals surface area contributed by atoms with Gasteiger partial charge in [0.05, 0.1) is 12.7 Å². The van der Waals surface area contributed by atoms with Crippen molar-refractivity contribution in [2.24, 2.45) is 0 Å². The molecule has 1 aromatic heterocycles. The standard InChI is InChI=1S/C16H25F3N4O2/c1-2-3-10-25-12-13(24)11-22-6-8-23(9-7-22)15-20-5-4-14(21-15)16(17,18)19/h4-5,13,24H,2-3,6-12H2,1H3. The van der Waals surface area contributed by atoms with Crippen LogP contribution in [0.3, 0.4) is 0 Å². The van der Waals surface area contributed by atoms with E-state index in [-0.39, 0.29) is 5.95 Å². The number of alkyl halides is 3. The summed E-state index contributed by atoms with van der Waals surface area (Å²) in [7, 11) is 0. The van der Waals surface area contributed by atoms with Crippen LogP contribution < -0.4 is 4.90 Å². The number of aliphatic hydroxyl groups excluding tert-OH is 1. The summed E-state index contributed by atoms with van der Waals surface area (Å²) in [5.41, 5.74) is -0.931. The Balaban J connectivity index is 1.78. The molecule has 0 aromatic carbocycles. The van der Waals surface area contributed by atoms with E-state index in [9.17, 15) is 18.3 Å². The Morgan fingerprint density at radius 1 is 1.28 bits per heavy atom. The lowest BCUT2D eigenvalue weighted by Crippen LogP contribution is -2.49. The van der Waals surface area contributed by atoms with Crippen LogP contribution in [0.5, 0.6) is 0 Å². The fraction of sp³-hybridized carbons (Fsp3) is 0.750. The summed E-state index contributed by atoms with van der Waals surface area (Å²) >= 11 is 0.